The van der Waals surface area contributed by atoms with Crippen LogP contribution in [0.15, 0.2) is 42.6 Å². The summed E-state index contributed by atoms with van der Waals surface area (Å²) in [7, 11) is 0. The molecule has 1 aliphatic heterocycles. The number of aromatic nitrogens is 1. The molecule has 1 amide bonds. The van der Waals surface area contributed by atoms with E-state index in [1.54, 1.807) is 12.1 Å². The smallest absolute Gasteiger partial charge is 0.354 e. The molecule has 0 saturated carbocycles. The van der Waals surface area contributed by atoms with Gasteiger partial charge >= 0.3 is 6.18 Å². The molecule has 7 heteroatoms. The van der Waals surface area contributed by atoms with E-state index in [9.17, 15) is 18.0 Å². The van der Waals surface area contributed by atoms with E-state index in [4.69, 9.17) is 0 Å². The molecule has 0 atom stereocenters. The number of likely N-dealkylation sites (tertiary alicyclic amines) is 1. The second-order valence-corrected chi connectivity index (χ2v) is 6.61. The molecule has 4 nitrogen and oxygen atoms in total. The minimum absolute atomic E-state index is 0.0852. The predicted molar refractivity (Wildman–Crippen MR) is 93.3 cm³/mol. The van der Waals surface area contributed by atoms with Gasteiger partial charge in [-0.3, -0.25) is 4.79 Å². The standard InChI is InChI=1S/C19H20F3N3O/c1-13-8-10-25(11-9-13)18(26)17-7-6-16(12-23-17)24-15-4-2-14(3-5-15)19(20,21)22/h2-7,12-13,24H,8-11H2,1H3. The first-order valence-electron chi connectivity index (χ1n) is 8.52. The number of amides is 1. The van der Waals surface area contributed by atoms with Crippen molar-refractivity contribution in [1.82, 2.24) is 9.88 Å². The third-order valence-corrected chi connectivity index (χ3v) is 4.55. The van der Waals surface area contributed by atoms with Crippen LogP contribution in [-0.4, -0.2) is 28.9 Å². The molecule has 1 aliphatic rings. The van der Waals surface area contributed by atoms with Crippen LogP contribution in [0.1, 0.15) is 35.8 Å². The van der Waals surface area contributed by atoms with Crippen LogP contribution < -0.4 is 5.32 Å². The number of halogens is 3. The van der Waals surface area contributed by atoms with Gasteiger partial charge in [-0.2, -0.15) is 13.2 Å². The van der Waals surface area contributed by atoms with E-state index in [2.05, 4.69) is 17.2 Å². The summed E-state index contributed by atoms with van der Waals surface area (Å²) in [4.78, 5) is 18.4. The Morgan fingerprint density at radius 1 is 1.08 bits per heavy atom. The van der Waals surface area contributed by atoms with E-state index >= 15 is 0 Å². The summed E-state index contributed by atoms with van der Waals surface area (Å²) >= 11 is 0. The van der Waals surface area contributed by atoms with Crippen molar-refractivity contribution in [3.8, 4) is 0 Å². The van der Waals surface area contributed by atoms with Crippen molar-refractivity contribution in [3.63, 3.8) is 0 Å². The van der Waals surface area contributed by atoms with Gasteiger partial charge in [0.05, 0.1) is 17.4 Å². The van der Waals surface area contributed by atoms with Crippen molar-refractivity contribution in [3.05, 3.63) is 53.9 Å². The van der Waals surface area contributed by atoms with Gasteiger partial charge in [0, 0.05) is 18.8 Å². The van der Waals surface area contributed by atoms with Crippen LogP contribution in [0.4, 0.5) is 24.5 Å². The zero-order valence-electron chi connectivity index (χ0n) is 14.4. The normalized spacial score (nSPS) is 15.8. The molecule has 1 aromatic heterocycles. The lowest BCUT2D eigenvalue weighted by atomic mass is 9.99. The first kappa shape index (κ1) is 18.2. The molecule has 138 valence electrons. The molecular formula is C19H20F3N3O. The largest absolute Gasteiger partial charge is 0.416 e. The highest BCUT2D eigenvalue weighted by Crippen LogP contribution is 2.30. The number of rotatable bonds is 3. The number of carbonyl (C=O) groups excluding carboxylic acids is 1. The molecule has 1 fully saturated rings. The van der Waals surface area contributed by atoms with Gasteiger partial charge in [0.15, 0.2) is 0 Å². The van der Waals surface area contributed by atoms with Crippen LogP contribution >= 0.6 is 0 Å². The number of piperidine rings is 1. The van der Waals surface area contributed by atoms with E-state index < -0.39 is 11.7 Å². The third kappa shape index (κ3) is 4.33. The summed E-state index contributed by atoms with van der Waals surface area (Å²) in [5.74, 6) is 0.556. The van der Waals surface area contributed by atoms with E-state index in [-0.39, 0.29) is 5.91 Å². The van der Waals surface area contributed by atoms with E-state index in [1.165, 1.54) is 18.3 Å². The lowest BCUT2D eigenvalue weighted by Gasteiger charge is -2.30. The zero-order valence-corrected chi connectivity index (χ0v) is 14.4. The SMILES string of the molecule is CC1CCN(C(=O)c2ccc(Nc3ccc(C(F)(F)F)cc3)cn2)CC1. The van der Waals surface area contributed by atoms with Crippen molar-refractivity contribution in [2.45, 2.75) is 25.9 Å². The number of carbonyl (C=O) groups is 1. The quantitative estimate of drug-likeness (QED) is 0.859. The average molecular weight is 363 g/mol. The zero-order chi connectivity index (χ0) is 18.7. The van der Waals surface area contributed by atoms with Gasteiger partial charge in [-0.15, -0.1) is 0 Å². The lowest BCUT2D eigenvalue weighted by Crippen LogP contribution is -2.38. The number of benzene rings is 1. The van der Waals surface area contributed by atoms with Crippen LogP contribution in [0.2, 0.25) is 0 Å². The summed E-state index contributed by atoms with van der Waals surface area (Å²) in [6.45, 7) is 3.67. The first-order chi connectivity index (χ1) is 12.3. The first-order valence-corrected chi connectivity index (χ1v) is 8.52. The Morgan fingerprint density at radius 2 is 1.69 bits per heavy atom. The van der Waals surface area contributed by atoms with Crippen LogP contribution in [0.5, 0.6) is 0 Å². The van der Waals surface area contributed by atoms with Gasteiger partial charge in [-0.1, -0.05) is 6.92 Å². The van der Waals surface area contributed by atoms with Crippen molar-refractivity contribution >= 4 is 17.3 Å². The molecule has 1 N–H and O–H groups in total. The minimum atomic E-state index is -4.35. The summed E-state index contributed by atoms with van der Waals surface area (Å²) < 4.78 is 37.7. The fraction of sp³-hybridized carbons (Fsp3) is 0.368. The minimum Gasteiger partial charge on any atom is -0.354 e. The summed E-state index contributed by atoms with van der Waals surface area (Å²) in [6.07, 6.45) is -0.843. The summed E-state index contributed by atoms with van der Waals surface area (Å²) in [6, 6.07) is 8.08. The van der Waals surface area contributed by atoms with Crippen molar-refractivity contribution in [1.29, 1.82) is 0 Å². The Morgan fingerprint density at radius 3 is 2.23 bits per heavy atom. The third-order valence-electron chi connectivity index (χ3n) is 4.55. The second kappa shape index (κ2) is 7.35. The molecule has 0 unspecified atom stereocenters. The van der Waals surface area contributed by atoms with Crippen LogP contribution in [-0.2, 0) is 6.18 Å². The lowest BCUT2D eigenvalue weighted by molar-refractivity contribution is -0.137. The molecule has 1 saturated heterocycles. The van der Waals surface area contributed by atoms with Gasteiger partial charge < -0.3 is 10.2 Å². The van der Waals surface area contributed by atoms with Gasteiger partial charge in [-0.05, 0) is 55.2 Å². The molecule has 0 spiro atoms. The van der Waals surface area contributed by atoms with Gasteiger partial charge in [-0.25, -0.2) is 4.98 Å². The monoisotopic (exact) mass is 363 g/mol. The van der Waals surface area contributed by atoms with E-state index in [0.29, 0.717) is 23.0 Å². The number of pyridine rings is 1. The number of alkyl halides is 3. The number of hydrogen-bond donors (Lipinski definition) is 1. The van der Waals surface area contributed by atoms with Crippen LogP contribution in [0.3, 0.4) is 0 Å². The van der Waals surface area contributed by atoms with Gasteiger partial charge in [0.25, 0.3) is 5.91 Å². The Balaban J connectivity index is 1.63. The van der Waals surface area contributed by atoms with E-state index in [0.717, 1.165) is 38.1 Å². The molecule has 2 heterocycles. The Hall–Kier alpha value is -2.57. The van der Waals surface area contributed by atoms with Crippen molar-refractivity contribution < 1.29 is 18.0 Å². The Bertz CT molecular complexity index is 749. The Labute approximate surface area is 150 Å². The fourth-order valence-electron chi connectivity index (χ4n) is 2.88. The molecule has 0 bridgehead atoms. The average Bonchev–Trinajstić information content (AvgIpc) is 2.62. The molecule has 2 aromatic rings. The highest BCUT2D eigenvalue weighted by molar-refractivity contribution is 5.92. The summed E-state index contributed by atoms with van der Waals surface area (Å²) in [5, 5.41) is 2.98. The molecular weight excluding hydrogens is 343 g/mol. The number of nitrogens with one attached hydrogen (secondary N) is 1. The van der Waals surface area contributed by atoms with Crippen LogP contribution in [0.25, 0.3) is 0 Å². The van der Waals surface area contributed by atoms with Crippen molar-refractivity contribution in [2.75, 3.05) is 18.4 Å². The summed E-state index contributed by atoms with van der Waals surface area (Å²) in [5.41, 5.74) is 0.799. The molecule has 1 aromatic carbocycles. The fourth-order valence-corrected chi connectivity index (χ4v) is 2.88. The highest BCUT2D eigenvalue weighted by Gasteiger charge is 2.30. The maximum absolute atomic E-state index is 12.6. The molecule has 0 radical (unpaired) electrons. The predicted octanol–water partition coefficient (Wildman–Crippen LogP) is 4.72. The number of anilines is 2. The number of nitrogens with zero attached hydrogens (tertiary/aromatic N) is 2. The Kier molecular flexibility index (Phi) is 5.15. The molecule has 3 rings (SSSR count). The second-order valence-electron chi connectivity index (χ2n) is 6.61. The van der Waals surface area contributed by atoms with Gasteiger partial charge in [0.2, 0.25) is 0 Å². The topological polar surface area (TPSA) is 45.2 Å². The maximum atomic E-state index is 12.6. The number of hydrogen-bond acceptors (Lipinski definition) is 3. The highest BCUT2D eigenvalue weighted by atomic mass is 19.4. The van der Waals surface area contributed by atoms with E-state index in [1.807, 2.05) is 4.90 Å². The van der Waals surface area contributed by atoms with Crippen molar-refractivity contribution in [2.24, 2.45) is 5.92 Å². The van der Waals surface area contributed by atoms with Gasteiger partial charge in [0.1, 0.15) is 5.69 Å². The van der Waals surface area contributed by atoms with Crippen LogP contribution in [0, 0.1) is 5.92 Å². The molecule has 26 heavy (non-hydrogen) atoms. The maximum Gasteiger partial charge on any atom is 0.416 e. The molecule has 0 aliphatic carbocycles.